The van der Waals surface area contributed by atoms with Crippen LogP contribution in [0.5, 0.6) is 0 Å². The largest absolute Gasteiger partial charge is 0.416 e. The average molecular weight is 613 g/mol. The summed E-state index contributed by atoms with van der Waals surface area (Å²) >= 11 is 0. The van der Waals surface area contributed by atoms with Crippen LogP contribution in [0.1, 0.15) is 59.4 Å². The lowest BCUT2D eigenvalue weighted by Crippen LogP contribution is -2.54. The molecule has 0 saturated carbocycles. The molecule has 1 fully saturated rings. The van der Waals surface area contributed by atoms with E-state index in [-0.39, 0.29) is 49.9 Å². The lowest BCUT2D eigenvalue weighted by atomic mass is 9.98. The predicted molar refractivity (Wildman–Crippen MR) is 151 cm³/mol. The molecular formula is C31H40F4N2O6. The fraction of sp³-hybridized carbons (Fsp3) is 0.548. The predicted octanol–water partition coefficient (Wildman–Crippen LogP) is 4.39. The molecule has 0 bridgehead atoms. The summed E-state index contributed by atoms with van der Waals surface area (Å²) in [5.74, 6) is -1.94. The number of aliphatic hydroxyl groups is 2. The van der Waals surface area contributed by atoms with Gasteiger partial charge in [-0.1, -0.05) is 26.0 Å². The maximum absolute atomic E-state index is 14.8. The second kappa shape index (κ2) is 15.6. The van der Waals surface area contributed by atoms with Gasteiger partial charge >= 0.3 is 6.18 Å². The number of hydrogen-bond acceptors (Lipinski definition) is 6. The summed E-state index contributed by atoms with van der Waals surface area (Å²) in [7, 11) is 1.31. The highest BCUT2D eigenvalue weighted by Gasteiger charge is 2.35. The van der Waals surface area contributed by atoms with Crippen LogP contribution in [0, 0.1) is 11.7 Å². The van der Waals surface area contributed by atoms with E-state index in [1.54, 1.807) is 4.90 Å². The SMILES string of the molecule is CO[C@@H]1CN(C(=O)c2ccccc2F)C[C@@H](CC(C)C)N(C(=O)c2ccc(C(F)(F)F)cc2)CCCCOC[C@@H](O)[C@H]1O. The molecule has 0 aromatic heterocycles. The second-order valence-electron chi connectivity index (χ2n) is 11.2. The molecule has 2 aromatic rings. The van der Waals surface area contributed by atoms with Crippen molar-refractivity contribution in [2.45, 2.75) is 63.6 Å². The molecule has 2 N–H and O–H groups in total. The molecule has 12 heteroatoms. The topological polar surface area (TPSA) is 99.5 Å². The Morgan fingerprint density at radius 2 is 1.70 bits per heavy atom. The van der Waals surface area contributed by atoms with Crippen LogP contribution in [0.4, 0.5) is 17.6 Å². The minimum Gasteiger partial charge on any atom is -0.388 e. The van der Waals surface area contributed by atoms with Crippen molar-refractivity contribution in [1.29, 1.82) is 0 Å². The van der Waals surface area contributed by atoms with Crippen LogP contribution in [0.25, 0.3) is 0 Å². The summed E-state index contributed by atoms with van der Waals surface area (Å²) in [6.07, 6.45) is -7.06. The zero-order valence-corrected chi connectivity index (χ0v) is 24.6. The lowest BCUT2D eigenvalue weighted by Gasteiger charge is -2.39. The van der Waals surface area contributed by atoms with Gasteiger partial charge in [-0.2, -0.15) is 13.2 Å². The molecule has 3 rings (SSSR count). The molecule has 4 atom stereocenters. The Labute approximate surface area is 249 Å². The van der Waals surface area contributed by atoms with Crippen LogP contribution in [0.15, 0.2) is 48.5 Å². The molecular weight excluding hydrogens is 572 g/mol. The third kappa shape index (κ3) is 9.46. The standard InChI is InChI=1S/C31H40F4N2O6/c1-20(2)16-23-17-36(30(41)24-8-4-5-9-25(24)32)18-27(42-3)28(39)26(38)19-43-15-7-6-14-37(23)29(40)21-10-12-22(13-11-21)31(33,34)35/h4-5,8-13,20,23,26-28,38-39H,6-7,14-19H2,1-3H3/t23-,26-,27-,28-/m1/s1. The molecule has 1 aliphatic rings. The Balaban J connectivity index is 2.06. The van der Waals surface area contributed by atoms with Crippen LogP contribution in [0.2, 0.25) is 0 Å². The van der Waals surface area contributed by atoms with Gasteiger partial charge in [0.1, 0.15) is 24.1 Å². The number of nitrogens with zero attached hydrogens (tertiary/aromatic N) is 2. The van der Waals surface area contributed by atoms with Crippen molar-refractivity contribution in [2.75, 3.05) is 40.0 Å². The Morgan fingerprint density at radius 3 is 2.30 bits per heavy atom. The summed E-state index contributed by atoms with van der Waals surface area (Å²) in [5.41, 5.74) is -1.05. The van der Waals surface area contributed by atoms with Gasteiger partial charge in [0.2, 0.25) is 0 Å². The van der Waals surface area contributed by atoms with Gasteiger partial charge < -0.3 is 29.5 Å². The van der Waals surface area contributed by atoms with Gasteiger partial charge in [0, 0.05) is 45.0 Å². The van der Waals surface area contributed by atoms with Crippen LogP contribution in [-0.2, 0) is 15.7 Å². The molecule has 8 nitrogen and oxygen atoms in total. The van der Waals surface area contributed by atoms with Gasteiger partial charge in [0.15, 0.2) is 0 Å². The molecule has 0 spiro atoms. The quantitative estimate of drug-likeness (QED) is 0.486. The number of benzene rings is 2. The van der Waals surface area contributed by atoms with Crippen LogP contribution in [-0.4, -0.2) is 96.1 Å². The highest BCUT2D eigenvalue weighted by molar-refractivity contribution is 5.95. The molecule has 0 aliphatic carbocycles. The lowest BCUT2D eigenvalue weighted by molar-refractivity contribution is -0.137. The number of aliphatic hydroxyl groups excluding tert-OH is 2. The monoisotopic (exact) mass is 612 g/mol. The second-order valence-corrected chi connectivity index (χ2v) is 11.2. The van der Waals surface area contributed by atoms with E-state index >= 15 is 0 Å². The first-order valence-electron chi connectivity index (χ1n) is 14.3. The number of carbonyl (C=O) groups is 2. The molecule has 1 saturated heterocycles. The number of rotatable bonds is 5. The van der Waals surface area contributed by atoms with Gasteiger partial charge in [0.25, 0.3) is 11.8 Å². The molecule has 238 valence electrons. The summed E-state index contributed by atoms with van der Waals surface area (Å²) in [6, 6.07) is 8.77. The molecule has 0 radical (unpaired) electrons. The third-order valence-electron chi connectivity index (χ3n) is 7.43. The van der Waals surface area contributed by atoms with E-state index in [0.29, 0.717) is 19.3 Å². The number of methoxy groups -OCH3 is 1. The Hall–Kier alpha value is -3.06. The summed E-state index contributed by atoms with van der Waals surface area (Å²) in [4.78, 5) is 30.5. The summed E-state index contributed by atoms with van der Waals surface area (Å²) < 4.78 is 65.3. The normalized spacial score (nSPS) is 23.2. The number of carbonyl (C=O) groups excluding carboxylic acids is 2. The van der Waals surface area contributed by atoms with E-state index < -0.39 is 53.7 Å². The Morgan fingerprint density at radius 1 is 1.02 bits per heavy atom. The van der Waals surface area contributed by atoms with E-state index in [9.17, 15) is 37.4 Å². The third-order valence-corrected chi connectivity index (χ3v) is 7.43. The zero-order chi connectivity index (χ0) is 31.7. The molecule has 1 aliphatic heterocycles. The van der Waals surface area contributed by atoms with E-state index in [2.05, 4.69) is 0 Å². The Bertz CT molecular complexity index is 1190. The molecule has 1 heterocycles. The van der Waals surface area contributed by atoms with Crippen molar-refractivity contribution in [2.24, 2.45) is 5.92 Å². The fourth-order valence-electron chi connectivity index (χ4n) is 5.14. The maximum atomic E-state index is 14.8. The highest BCUT2D eigenvalue weighted by atomic mass is 19.4. The summed E-state index contributed by atoms with van der Waals surface area (Å²) in [6.45, 7) is 3.77. The van der Waals surface area contributed by atoms with Crippen molar-refractivity contribution in [3.8, 4) is 0 Å². The molecule has 2 aromatic carbocycles. The first kappa shape index (κ1) is 34.4. The van der Waals surface area contributed by atoms with Crippen LogP contribution in [0.3, 0.4) is 0 Å². The Kier molecular flexibility index (Phi) is 12.5. The summed E-state index contributed by atoms with van der Waals surface area (Å²) in [5, 5.41) is 21.4. The van der Waals surface area contributed by atoms with Gasteiger partial charge in [-0.3, -0.25) is 9.59 Å². The maximum Gasteiger partial charge on any atom is 0.416 e. The molecule has 2 amide bonds. The first-order valence-corrected chi connectivity index (χ1v) is 14.3. The van der Waals surface area contributed by atoms with E-state index in [4.69, 9.17) is 9.47 Å². The van der Waals surface area contributed by atoms with Crippen molar-refractivity contribution < 1.29 is 46.8 Å². The van der Waals surface area contributed by atoms with E-state index in [1.807, 2.05) is 13.8 Å². The van der Waals surface area contributed by atoms with Crippen molar-refractivity contribution in [3.63, 3.8) is 0 Å². The van der Waals surface area contributed by atoms with Gasteiger partial charge in [-0.15, -0.1) is 0 Å². The van der Waals surface area contributed by atoms with Gasteiger partial charge in [-0.25, -0.2) is 4.39 Å². The average Bonchev–Trinajstić information content (AvgIpc) is 2.96. The number of halogens is 4. The number of amides is 2. The highest BCUT2D eigenvalue weighted by Crippen LogP contribution is 2.30. The van der Waals surface area contributed by atoms with Gasteiger partial charge in [-0.05, 0) is 61.6 Å². The minimum atomic E-state index is -4.56. The van der Waals surface area contributed by atoms with Gasteiger partial charge in [0.05, 0.1) is 17.7 Å². The number of ether oxygens (including phenoxy) is 2. The minimum absolute atomic E-state index is 0.0335. The van der Waals surface area contributed by atoms with Crippen molar-refractivity contribution >= 4 is 11.8 Å². The smallest absolute Gasteiger partial charge is 0.388 e. The fourth-order valence-corrected chi connectivity index (χ4v) is 5.14. The molecule has 43 heavy (non-hydrogen) atoms. The number of hydrogen-bond donors (Lipinski definition) is 2. The first-order chi connectivity index (χ1) is 20.3. The molecule has 0 unspecified atom stereocenters. The van der Waals surface area contributed by atoms with Crippen LogP contribution < -0.4 is 0 Å². The number of alkyl halides is 3. The van der Waals surface area contributed by atoms with E-state index in [0.717, 1.165) is 30.3 Å². The van der Waals surface area contributed by atoms with Crippen molar-refractivity contribution in [3.05, 3.63) is 71.0 Å². The van der Waals surface area contributed by atoms with E-state index in [1.165, 1.54) is 30.2 Å². The van der Waals surface area contributed by atoms with Crippen LogP contribution >= 0.6 is 0 Å². The van der Waals surface area contributed by atoms with Crippen molar-refractivity contribution in [1.82, 2.24) is 9.80 Å². The zero-order valence-electron chi connectivity index (χ0n) is 24.6.